The van der Waals surface area contributed by atoms with Gasteiger partial charge in [0, 0.05) is 32.8 Å². The first-order valence-electron chi connectivity index (χ1n) is 7.50. The summed E-state index contributed by atoms with van der Waals surface area (Å²) in [6, 6.07) is 0. The van der Waals surface area contributed by atoms with Gasteiger partial charge in [-0.3, -0.25) is 0 Å². The van der Waals surface area contributed by atoms with E-state index in [9.17, 15) is 0 Å². The maximum Gasteiger partial charge on any atom is 0.0507 e. The molecule has 2 unspecified atom stereocenters. The third-order valence-electron chi connectivity index (χ3n) is 4.19. The molecular formula is C14H29N3O. The topological polar surface area (TPSA) is 41.7 Å². The molecule has 0 aromatic carbocycles. The van der Waals surface area contributed by atoms with Crippen LogP contribution in [0.25, 0.3) is 0 Å². The molecule has 0 spiro atoms. The second-order valence-corrected chi connectivity index (χ2v) is 6.03. The van der Waals surface area contributed by atoms with Gasteiger partial charge in [-0.1, -0.05) is 6.92 Å². The molecule has 4 heteroatoms. The van der Waals surface area contributed by atoms with Gasteiger partial charge < -0.3 is 20.3 Å². The van der Waals surface area contributed by atoms with E-state index in [2.05, 4.69) is 16.7 Å². The van der Waals surface area contributed by atoms with E-state index in [0.29, 0.717) is 5.92 Å². The van der Waals surface area contributed by atoms with Crippen LogP contribution in [0.3, 0.4) is 0 Å². The molecular weight excluding hydrogens is 226 g/mol. The summed E-state index contributed by atoms with van der Waals surface area (Å²) in [5.74, 6) is 1.40. The molecule has 2 atom stereocenters. The summed E-state index contributed by atoms with van der Waals surface area (Å²) in [5.41, 5.74) is 5.71. The molecule has 0 aromatic rings. The van der Waals surface area contributed by atoms with Gasteiger partial charge in [0.05, 0.1) is 6.61 Å². The molecule has 18 heavy (non-hydrogen) atoms. The summed E-state index contributed by atoms with van der Waals surface area (Å²) < 4.78 is 5.47. The van der Waals surface area contributed by atoms with Crippen molar-refractivity contribution in [2.24, 2.45) is 17.6 Å². The predicted octanol–water partition coefficient (Wildman–Crippen LogP) is 0.625. The van der Waals surface area contributed by atoms with Crippen LogP contribution >= 0.6 is 0 Å². The van der Waals surface area contributed by atoms with Gasteiger partial charge in [-0.15, -0.1) is 0 Å². The molecule has 2 aliphatic heterocycles. The van der Waals surface area contributed by atoms with Crippen LogP contribution in [0, 0.1) is 11.8 Å². The van der Waals surface area contributed by atoms with E-state index in [-0.39, 0.29) is 0 Å². The molecule has 0 aliphatic carbocycles. The molecule has 0 bridgehead atoms. The maximum absolute atomic E-state index is 5.71. The van der Waals surface area contributed by atoms with Gasteiger partial charge in [-0.25, -0.2) is 0 Å². The van der Waals surface area contributed by atoms with Crippen LogP contribution in [-0.4, -0.2) is 68.8 Å². The fraction of sp³-hybridized carbons (Fsp3) is 1.00. The first kappa shape index (κ1) is 14.3. The average Bonchev–Trinajstić information content (AvgIpc) is 2.78. The van der Waals surface area contributed by atoms with Crippen LogP contribution in [0.2, 0.25) is 0 Å². The van der Waals surface area contributed by atoms with Crippen molar-refractivity contribution >= 4 is 0 Å². The number of hydrogen-bond acceptors (Lipinski definition) is 4. The van der Waals surface area contributed by atoms with E-state index in [1.165, 1.54) is 45.6 Å². The van der Waals surface area contributed by atoms with Crippen LogP contribution in [0.4, 0.5) is 0 Å². The Balaban J connectivity index is 1.70. The Morgan fingerprint density at radius 2 is 2.00 bits per heavy atom. The molecule has 106 valence electrons. The second kappa shape index (κ2) is 7.43. The van der Waals surface area contributed by atoms with Gasteiger partial charge in [0.1, 0.15) is 0 Å². The zero-order valence-electron chi connectivity index (χ0n) is 11.8. The van der Waals surface area contributed by atoms with Gasteiger partial charge in [-0.2, -0.15) is 0 Å². The zero-order chi connectivity index (χ0) is 12.8. The fourth-order valence-corrected chi connectivity index (χ4v) is 3.00. The Labute approximate surface area is 111 Å². The lowest BCUT2D eigenvalue weighted by Gasteiger charge is -2.25. The first-order chi connectivity index (χ1) is 8.78. The van der Waals surface area contributed by atoms with Crippen LogP contribution < -0.4 is 5.73 Å². The Bertz CT molecular complexity index is 231. The van der Waals surface area contributed by atoms with Crippen molar-refractivity contribution in [2.75, 3.05) is 59.0 Å². The molecule has 2 heterocycles. The molecule has 2 fully saturated rings. The third kappa shape index (κ3) is 4.50. The molecule has 2 N–H and O–H groups in total. The minimum absolute atomic E-state index is 0.625. The summed E-state index contributed by atoms with van der Waals surface area (Å²) in [6.07, 6.45) is 2.55. The monoisotopic (exact) mass is 255 g/mol. The highest BCUT2D eigenvalue weighted by Crippen LogP contribution is 2.15. The van der Waals surface area contributed by atoms with Gasteiger partial charge in [0.2, 0.25) is 0 Å². The minimum atomic E-state index is 0.625. The maximum atomic E-state index is 5.71. The van der Waals surface area contributed by atoms with Crippen molar-refractivity contribution in [3.05, 3.63) is 0 Å². The molecule has 2 aliphatic rings. The Kier molecular flexibility index (Phi) is 5.89. The molecule has 2 saturated heterocycles. The summed E-state index contributed by atoms with van der Waals surface area (Å²) in [7, 11) is 0. The van der Waals surface area contributed by atoms with E-state index >= 15 is 0 Å². The normalized spacial score (nSPS) is 29.3. The minimum Gasteiger partial charge on any atom is -0.381 e. The Morgan fingerprint density at radius 3 is 2.72 bits per heavy atom. The van der Waals surface area contributed by atoms with E-state index in [1.807, 2.05) is 0 Å². The third-order valence-corrected chi connectivity index (χ3v) is 4.19. The van der Waals surface area contributed by atoms with Crippen molar-refractivity contribution < 1.29 is 4.74 Å². The SMILES string of the molecule is CC(CN)CN1CCCN(CC2CCOC2)CC1. The fourth-order valence-electron chi connectivity index (χ4n) is 3.00. The number of ether oxygens (including phenoxy) is 1. The summed E-state index contributed by atoms with van der Waals surface area (Å²) in [6.45, 7) is 12.3. The smallest absolute Gasteiger partial charge is 0.0507 e. The zero-order valence-corrected chi connectivity index (χ0v) is 11.8. The summed E-state index contributed by atoms with van der Waals surface area (Å²) >= 11 is 0. The lowest BCUT2D eigenvalue weighted by molar-refractivity contribution is 0.167. The highest BCUT2D eigenvalue weighted by atomic mass is 16.5. The largest absolute Gasteiger partial charge is 0.381 e. The molecule has 4 nitrogen and oxygen atoms in total. The summed E-state index contributed by atoms with van der Waals surface area (Å²) in [5, 5.41) is 0. The number of nitrogens with zero attached hydrogens (tertiary/aromatic N) is 2. The van der Waals surface area contributed by atoms with Crippen LogP contribution in [0.1, 0.15) is 19.8 Å². The van der Waals surface area contributed by atoms with E-state index in [4.69, 9.17) is 10.5 Å². The van der Waals surface area contributed by atoms with Gasteiger partial charge in [-0.05, 0) is 44.3 Å². The van der Waals surface area contributed by atoms with Crippen molar-refractivity contribution in [3.63, 3.8) is 0 Å². The highest BCUT2D eigenvalue weighted by molar-refractivity contribution is 4.75. The standard InChI is InChI=1S/C14H29N3O/c1-13(9-15)10-16-4-2-5-17(7-6-16)11-14-3-8-18-12-14/h13-14H,2-12,15H2,1H3. The Morgan fingerprint density at radius 1 is 1.22 bits per heavy atom. The summed E-state index contributed by atoms with van der Waals surface area (Å²) in [4.78, 5) is 5.22. The van der Waals surface area contributed by atoms with E-state index < -0.39 is 0 Å². The van der Waals surface area contributed by atoms with Crippen LogP contribution in [-0.2, 0) is 4.74 Å². The van der Waals surface area contributed by atoms with Crippen molar-refractivity contribution in [1.29, 1.82) is 0 Å². The van der Waals surface area contributed by atoms with Gasteiger partial charge in [0.25, 0.3) is 0 Å². The second-order valence-electron chi connectivity index (χ2n) is 6.03. The molecule has 0 saturated carbocycles. The quantitative estimate of drug-likeness (QED) is 0.782. The Hall–Kier alpha value is -0.160. The lowest BCUT2D eigenvalue weighted by Crippen LogP contribution is -2.36. The van der Waals surface area contributed by atoms with E-state index in [0.717, 1.165) is 32.2 Å². The lowest BCUT2D eigenvalue weighted by atomic mass is 10.1. The van der Waals surface area contributed by atoms with Crippen LogP contribution in [0.15, 0.2) is 0 Å². The molecule has 0 amide bonds. The van der Waals surface area contributed by atoms with E-state index in [1.54, 1.807) is 0 Å². The van der Waals surface area contributed by atoms with Crippen molar-refractivity contribution in [3.8, 4) is 0 Å². The average molecular weight is 255 g/mol. The van der Waals surface area contributed by atoms with Crippen molar-refractivity contribution in [1.82, 2.24) is 9.80 Å². The first-order valence-corrected chi connectivity index (χ1v) is 7.50. The molecule has 0 aromatic heterocycles. The molecule has 0 radical (unpaired) electrons. The predicted molar refractivity (Wildman–Crippen MR) is 74.6 cm³/mol. The highest BCUT2D eigenvalue weighted by Gasteiger charge is 2.21. The van der Waals surface area contributed by atoms with Gasteiger partial charge >= 0.3 is 0 Å². The van der Waals surface area contributed by atoms with Crippen molar-refractivity contribution in [2.45, 2.75) is 19.8 Å². The number of rotatable bonds is 5. The van der Waals surface area contributed by atoms with Crippen LogP contribution in [0.5, 0.6) is 0 Å². The van der Waals surface area contributed by atoms with Gasteiger partial charge in [0.15, 0.2) is 0 Å². The molecule has 2 rings (SSSR count). The number of hydrogen-bond donors (Lipinski definition) is 1. The number of nitrogens with two attached hydrogens (primary N) is 1.